The zero-order valence-electron chi connectivity index (χ0n) is 8.49. The summed E-state index contributed by atoms with van der Waals surface area (Å²) >= 11 is 1.39. The van der Waals surface area contributed by atoms with Crippen molar-refractivity contribution in [2.75, 3.05) is 12.3 Å². The molecule has 0 aliphatic heterocycles. The molecule has 4 heteroatoms. The highest BCUT2D eigenvalue weighted by atomic mass is 32.1. The number of benzene rings is 1. The number of rotatable bonds is 3. The summed E-state index contributed by atoms with van der Waals surface area (Å²) in [6.45, 7) is 6.42. The van der Waals surface area contributed by atoms with Gasteiger partial charge < -0.3 is 10.5 Å². The van der Waals surface area contributed by atoms with Crippen LogP contribution in [0.15, 0.2) is 24.8 Å². The first-order chi connectivity index (χ1) is 7.22. The van der Waals surface area contributed by atoms with Gasteiger partial charge in [-0.25, -0.2) is 0 Å². The van der Waals surface area contributed by atoms with E-state index >= 15 is 0 Å². The van der Waals surface area contributed by atoms with Crippen LogP contribution in [0.1, 0.15) is 12.5 Å². The molecule has 78 valence electrons. The minimum atomic E-state index is 0.587. The van der Waals surface area contributed by atoms with E-state index in [2.05, 4.69) is 11.0 Å². The third-order valence-corrected chi connectivity index (χ3v) is 2.96. The minimum absolute atomic E-state index is 0.587. The number of nitrogens with zero attached hydrogens (tertiary/aromatic N) is 1. The van der Waals surface area contributed by atoms with Gasteiger partial charge in [-0.15, -0.1) is 0 Å². The highest BCUT2D eigenvalue weighted by Gasteiger charge is 2.05. The molecule has 0 atom stereocenters. The van der Waals surface area contributed by atoms with Gasteiger partial charge in [-0.05, 0) is 30.6 Å². The second kappa shape index (κ2) is 3.90. The van der Waals surface area contributed by atoms with E-state index in [1.54, 1.807) is 0 Å². The Kier molecular flexibility index (Phi) is 2.60. The average molecular weight is 220 g/mol. The summed E-state index contributed by atoms with van der Waals surface area (Å²) in [5, 5.41) is 0.994. The molecule has 1 heterocycles. The molecule has 0 saturated heterocycles. The van der Waals surface area contributed by atoms with Crippen LogP contribution in [0, 0.1) is 0 Å². The Morgan fingerprint density at radius 3 is 3.13 bits per heavy atom. The number of ether oxygens (including phenoxy) is 1. The summed E-state index contributed by atoms with van der Waals surface area (Å²) in [5.74, 6) is 1.27. The highest BCUT2D eigenvalue weighted by molar-refractivity contribution is 7.13. The third kappa shape index (κ3) is 1.80. The molecule has 2 N–H and O–H groups in total. The number of hydrogen-bond acceptors (Lipinski definition) is 4. The fourth-order valence-electron chi connectivity index (χ4n) is 1.39. The average Bonchev–Trinajstić information content (AvgIpc) is 2.60. The molecule has 15 heavy (non-hydrogen) atoms. The Morgan fingerprint density at radius 2 is 2.40 bits per heavy atom. The van der Waals surface area contributed by atoms with Gasteiger partial charge in [0.15, 0.2) is 0 Å². The number of aromatic nitrogens is 1. The van der Waals surface area contributed by atoms with Crippen molar-refractivity contribution >= 4 is 33.2 Å². The molecule has 2 aromatic rings. The van der Waals surface area contributed by atoms with Crippen molar-refractivity contribution in [2.24, 2.45) is 0 Å². The van der Waals surface area contributed by atoms with E-state index in [0.29, 0.717) is 18.2 Å². The quantitative estimate of drug-likeness (QED) is 0.809. The molecule has 0 saturated carbocycles. The van der Waals surface area contributed by atoms with Crippen molar-refractivity contribution in [3.63, 3.8) is 0 Å². The van der Waals surface area contributed by atoms with Crippen LogP contribution in [0.25, 0.3) is 15.8 Å². The summed E-state index contributed by atoms with van der Waals surface area (Å²) in [5.41, 5.74) is 6.69. The summed E-state index contributed by atoms with van der Waals surface area (Å²) in [7, 11) is 0. The first kappa shape index (κ1) is 9.98. The van der Waals surface area contributed by atoms with Gasteiger partial charge >= 0.3 is 0 Å². The van der Waals surface area contributed by atoms with Gasteiger partial charge in [0.05, 0.1) is 11.3 Å². The lowest BCUT2D eigenvalue weighted by Gasteiger charge is -2.06. The monoisotopic (exact) mass is 220 g/mol. The molecule has 0 fully saturated rings. The lowest BCUT2D eigenvalue weighted by atomic mass is 10.1. The van der Waals surface area contributed by atoms with Gasteiger partial charge in [0, 0.05) is 10.9 Å². The van der Waals surface area contributed by atoms with Crippen LogP contribution in [-0.2, 0) is 4.74 Å². The van der Waals surface area contributed by atoms with Crippen molar-refractivity contribution < 1.29 is 4.74 Å². The summed E-state index contributed by atoms with van der Waals surface area (Å²) in [6.07, 6.45) is 0. The van der Waals surface area contributed by atoms with Crippen molar-refractivity contribution in [3.05, 3.63) is 30.3 Å². The lowest BCUT2D eigenvalue weighted by Crippen LogP contribution is -1.89. The van der Waals surface area contributed by atoms with Gasteiger partial charge in [-0.3, -0.25) is 0 Å². The fraction of sp³-hybridized carbons (Fsp3) is 0.182. The SMILES string of the molecule is C=C(OCC)c1ccc2c(N)nsc2c1. The van der Waals surface area contributed by atoms with Crippen molar-refractivity contribution in [1.82, 2.24) is 4.37 Å². The van der Waals surface area contributed by atoms with Crippen LogP contribution in [-0.4, -0.2) is 11.0 Å². The van der Waals surface area contributed by atoms with Crippen molar-refractivity contribution in [3.8, 4) is 0 Å². The molecule has 2 rings (SSSR count). The normalized spacial score (nSPS) is 10.5. The number of anilines is 1. The topological polar surface area (TPSA) is 48.1 Å². The third-order valence-electron chi connectivity index (χ3n) is 2.14. The van der Waals surface area contributed by atoms with Crippen LogP contribution in [0.3, 0.4) is 0 Å². The van der Waals surface area contributed by atoms with E-state index in [0.717, 1.165) is 15.6 Å². The largest absolute Gasteiger partial charge is 0.494 e. The maximum Gasteiger partial charge on any atom is 0.144 e. The van der Waals surface area contributed by atoms with E-state index in [1.165, 1.54) is 11.5 Å². The molecule has 0 bridgehead atoms. The van der Waals surface area contributed by atoms with Gasteiger partial charge in [0.2, 0.25) is 0 Å². The van der Waals surface area contributed by atoms with Gasteiger partial charge in [0.1, 0.15) is 11.6 Å². The molecular formula is C11H12N2OS. The van der Waals surface area contributed by atoms with E-state index < -0.39 is 0 Å². The maximum atomic E-state index is 5.71. The van der Waals surface area contributed by atoms with Gasteiger partial charge in [0.25, 0.3) is 0 Å². The molecule has 0 spiro atoms. The Bertz CT molecular complexity index is 504. The highest BCUT2D eigenvalue weighted by Crippen LogP contribution is 2.27. The Hall–Kier alpha value is -1.55. The Morgan fingerprint density at radius 1 is 1.60 bits per heavy atom. The zero-order valence-corrected chi connectivity index (χ0v) is 9.30. The van der Waals surface area contributed by atoms with Crippen LogP contribution in [0.5, 0.6) is 0 Å². The maximum absolute atomic E-state index is 5.71. The second-order valence-electron chi connectivity index (χ2n) is 3.13. The summed E-state index contributed by atoms with van der Waals surface area (Å²) in [4.78, 5) is 0. The molecule has 0 amide bonds. The van der Waals surface area contributed by atoms with E-state index in [-0.39, 0.29) is 0 Å². The number of fused-ring (bicyclic) bond motifs is 1. The predicted octanol–water partition coefficient (Wildman–Crippen LogP) is 2.89. The zero-order chi connectivity index (χ0) is 10.8. The summed E-state index contributed by atoms with van der Waals surface area (Å²) < 4.78 is 10.5. The molecule has 1 aromatic heterocycles. The van der Waals surface area contributed by atoms with E-state index in [1.807, 2.05) is 25.1 Å². The second-order valence-corrected chi connectivity index (χ2v) is 3.94. The van der Waals surface area contributed by atoms with Crippen molar-refractivity contribution in [2.45, 2.75) is 6.92 Å². The van der Waals surface area contributed by atoms with E-state index in [4.69, 9.17) is 10.5 Å². The van der Waals surface area contributed by atoms with Crippen LogP contribution in [0.4, 0.5) is 5.82 Å². The van der Waals surface area contributed by atoms with Crippen LogP contribution < -0.4 is 5.73 Å². The minimum Gasteiger partial charge on any atom is -0.494 e. The molecule has 0 unspecified atom stereocenters. The number of hydrogen-bond donors (Lipinski definition) is 1. The standard InChI is InChI=1S/C11H12N2OS/c1-3-14-7(2)8-4-5-9-10(6-8)15-13-11(9)12/h4-6H,2-3H2,1H3,(H2,12,13). The fourth-order valence-corrected chi connectivity index (χ4v) is 2.13. The van der Waals surface area contributed by atoms with Crippen LogP contribution in [0.2, 0.25) is 0 Å². The predicted molar refractivity (Wildman–Crippen MR) is 64.7 cm³/mol. The van der Waals surface area contributed by atoms with Gasteiger partial charge in [-0.1, -0.05) is 12.6 Å². The molecule has 0 aliphatic carbocycles. The first-order valence-electron chi connectivity index (χ1n) is 4.69. The number of nitrogen functional groups attached to an aromatic ring is 1. The molecular weight excluding hydrogens is 208 g/mol. The molecule has 0 aliphatic rings. The molecule has 1 aromatic carbocycles. The Labute approximate surface area is 92.3 Å². The Balaban J connectivity index is 2.43. The number of nitrogens with two attached hydrogens (primary N) is 1. The van der Waals surface area contributed by atoms with Gasteiger partial charge in [-0.2, -0.15) is 4.37 Å². The molecule has 0 radical (unpaired) electrons. The van der Waals surface area contributed by atoms with E-state index in [9.17, 15) is 0 Å². The van der Waals surface area contributed by atoms with Crippen molar-refractivity contribution in [1.29, 1.82) is 0 Å². The molecule has 3 nitrogen and oxygen atoms in total. The summed E-state index contributed by atoms with van der Waals surface area (Å²) in [6, 6.07) is 5.90. The smallest absolute Gasteiger partial charge is 0.144 e. The lowest BCUT2D eigenvalue weighted by molar-refractivity contribution is 0.299. The van der Waals surface area contributed by atoms with Crippen LogP contribution >= 0.6 is 11.5 Å². The first-order valence-corrected chi connectivity index (χ1v) is 5.46.